The Morgan fingerprint density at radius 2 is 1.54 bits per heavy atom. The summed E-state index contributed by atoms with van der Waals surface area (Å²) in [6.07, 6.45) is 0. The Kier molecular flexibility index (Phi) is 5.61. The molecule has 1 amide bonds. The van der Waals surface area contributed by atoms with Crippen LogP contribution in [0.1, 0.15) is 13.8 Å². The second kappa shape index (κ2) is 7.91. The molecule has 26 heavy (non-hydrogen) atoms. The first-order valence-electron chi connectivity index (χ1n) is 8.90. The van der Waals surface area contributed by atoms with Gasteiger partial charge in [-0.25, -0.2) is 0 Å². The zero-order chi connectivity index (χ0) is 18.7. The number of carbonyl (C=O) groups is 1. The summed E-state index contributed by atoms with van der Waals surface area (Å²) in [6.45, 7) is 7.24. The van der Waals surface area contributed by atoms with E-state index in [4.69, 9.17) is 11.5 Å². The van der Waals surface area contributed by atoms with Gasteiger partial charge in [-0.05, 0) is 42.5 Å². The van der Waals surface area contributed by atoms with Gasteiger partial charge in [-0.2, -0.15) is 0 Å². The molecule has 0 radical (unpaired) electrons. The van der Waals surface area contributed by atoms with Crippen LogP contribution in [0.2, 0.25) is 0 Å². The van der Waals surface area contributed by atoms with Crippen LogP contribution >= 0.6 is 11.8 Å². The maximum atomic E-state index is 12.1. The molecule has 0 bridgehead atoms. The summed E-state index contributed by atoms with van der Waals surface area (Å²) in [6, 6.07) is 14.3. The monoisotopic (exact) mass is 370 g/mol. The zero-order valence-corrected chi connectivity index (χ0v) is 16.1. The summed E-state index contributed by atoms with van der Waals surface area (Å²) in [7, 11) is 0. The molecule has 3 rings (SSSR count). The van der Waals surface area contributed by atoms with E-state index in [9.17, 15) is 4.79 Å². The van der Waals surface area contributed by atoms with E-state index < -0.39 is 0 Å². The second-order valence-electron chi connectivity index (χ2n) is 6.85. The SMILES string of the molecule is CC(C)C(=O)N1CCN(c2ccc(Sc3ccc(N)c(N)c3)cc2)CC1. The summed E-state index contributed by atoms with van der Waals surface area (Å²) in [5.41, 5.74) is 14.1. The van der Waals surface area contributed by atoms with Gasteiger partial charge in [-0.1, -0.05) is 25.6 Å². The van der Waals surface area contributed by atoms with Crippen molar-refractivity contribution in [3.8, 4) is 0 Å². The molecule has 0 saturated carbocycles. The molecule has 2 aromatic carbocycles. The molecule has 1 heterocycles. The van der Waals surface area contributed by atoms with Gasteiger partial charge in [0.2, 0.25) is 5.91 Å². The molecular weight excluding hydrogens is 344 g/mol. The minimum absolute atomic E-state index is 0.0697. The highest BCUT2D eigenvalue weighted by Gasteiger charge is 2.22. The van der Waals surface area contributed by atoms with Crippen molar-refractivity contribution in [2.24, 2.45) is 5.92 Å². The highest BCUT2D eigenvalue weighted by molar-refractivity contribution is 7.99. The van der Waals surface area contributed by atoms with Crippen LogP contribution < -0.4 is 16.4 Å². The normalized spacial score (nSPS) is 14.7. The van der Waals surface area contributed by atoms with Crippen molar-refractivity contribution in [3.05, 3.63) is 42.5 Å². The number of anilines is 3. The Labute approximate surface area is 159 Å². The van der Waals surface area contributed by atoms with Crippen molar-refractivity contribution in [3.63, 3.8) is 0 Å². The zero-order valence-electron chi connectivity index (χ0n) is 15.3. The minimum Gasteiger partial charge on any atom is -0.397 e. The molecule has 1 fully saturated rings. The Hall–Kier alpha value is -2.34. The first kappa shape index (κ1) is 18.5. The lowest BCUT2D eigenvalue weighted by atomic mass is 10.1. The van der Waals surface area contributed by atoms with E-state index in [1.807, 2.05) is 36.9 Å². The van der Waals surface area contributed by atoms with Crippen LogP contribution in [0, 0.1) is 5.92 Å². The molecule has 0 aliphatic carbocycles. The van der Waals surface area contributed by atoms with E-state index >= 15 is 0 Å². The Morgan fingerprint density at radius 3 is 2.12 bits per heavy atom. The second-order valence-corrected chi connectivity index (χ2v) is 8.00. The van der Waals surface area contributed by atoms with Crippen LogP contribution in [0.5, 0.6) is 0 Å². The fourth-order valence-corrected chi connectivity index (χ4v) is 3.89. The lowest BCUT2D eigenvalue weighted by molar-refractivity contribution is -0.134. The van der Waals surface area contributed by atoms with Gasteiger partial charge in [0, 0.05) is 47.6 Å². The molecule has 5 nitrogen and oxygen atoms in total. The highest BCUT2D eigenvalue weighted by Crippen LogP contribution is 2.32. The minimum atomic E-state index is 0.0697. The van der Waals surface area contributed by atoms with E-state index in [0.29, 0.717) is 11.4 Å². The lowest BCUT2D eigenvalue weighted by Gasteiger charge is -2.37. The number of nitrogen functional groups attached to an aromatic ring is 2. The van der Waals surface area contributed by atoms with E-state index in [1.54, 1.807) is 11.8 Å². The van der Waals surface area contributed by atoms with Gasteiger partial charge in [0.1, 0.15) is 0 Å². The Balaban J connectivity index is 1.60. The van der Waals surface area contributed by atoms with Crippen LogP contribution in [0.4, 0.5) is 17.1 Å². The lowest BCUT2D eigenvalue weighted by Crippen LogP contribution is -2.49. The summed E-state index contributed by atoms with van der Waals surface area (Å²) in [5.74, 6) is 0.319. The molecule has 0 unspecified atom stereocenters. The van der Waals surface area contributed by atoms with E-state index in [1.165, 1.54) is 5.69 Å². The van der Waals surface area contributed by atoms with Crippen molar-refractivity contribution < 1.29 is 4.79 Å². The molecule has 0 atom stereocenters. The third-order valence-corrected chi connectivity index (χ3v) is 5.58. The first-order valence-corrected chi connectivity index (χ1v) is 9.72. The van der Waals surface area contributed by atoms with Gasteiger partial charge < -0.3 is 21.3 Å². The van der Waals surface area contributed by atoms with Crippen molar-refractivity contribution in [1.82, 2.24) is 4.90 Å². The van der Waals surface area contributed by atoms with Gasteiger partial charge in [0.05, 0.1) is 11.4 Å². The number of amides is 1. The quantitative estimate of drug-likeness (QED) is 0.808. The summed E-state index contributed by atoms with van der Waals surface area (Å²) < 4.78 is 0. The van der Waals surface area contributed by atoms with E-state index in [-0.39, 0.29) is 11.8 Å². The number of hydrogen-bond acceptors (Lipinski definition) is 5. The van der Waals surface area contributed by atoms with Gasteiger partial charge in [-0.15, -0.1) is 0 Å². The van der Waals surface area contributed by atoms with Gasteiger partial charge >= 0.3 is 0 Å². The molecule has 6 heteroatoms. The predicted molar refractivity (Wildman–Crippen MR) is 109 cm³/mol. The van der Waals surface area contributed by atoms with E-state index in [0.717, 1.165) is 36.0 Å². The predicted octanol–water partition coefficient (Wildman–Crippen LogP) is 3.31. The van der Waals surface area contributed by atoms with Crippen LogP contribution in [-0.2, 0) is 4.79 Å². The van der Waals surface area contributed by atoms with Crippen molar-refractivity contribution in [1.29, 1.82) is 0 Å². The molecule has 0 spiro atoms. The topological polar surface area (TPSA) is 75.6 Å². The smallest absolute Gasteiger partial charge is 0.225 e. The molecule has 4 N–H and O–H groups in total. The molecule has 1 aliphatic rings. The summed E-state index contributed by atoms with van der Waals surface area (Å²) >= 11 is 1.67. The average Bonchev–Trinajstić information content (AvgIpc) is 2.65. The number of rotatable bonds is 4. The maximum absolute atomic E-state index is 12.1. The molecule has 1 saturated heterocycles. The number of hydrogen-bond donors (Lipinski definition) is 2. The Bertz CT molecular complexity index is 768. The number of nitrogens with zero attached hydrogens (tertiary/aromatic N) is 2. The van der Waals surface area contributed by atoms with Crippen molar-refractivity contribution >= 4 is 34.7 Å². The summed E-state index contributed by atoms with van der Waals surface area (Å²) in [4.78, 5) is 18.6. The standard InChI is InChI=1S/C20H26N4OS/c1-14(2)20(25)24-11-9-23(10-12-24)15-3-5-16(6-4-15)26-17-7-8-18(21)19(22)13-17/h3-8,13-14H,9-12,21-22H2,1-2H3. The van der Waals surface area contributed by atoms with Crippen LogP contribution in [0.3, 0.4) is 0 Å². The van der Waals surface area contributed by atoms with Gasteiger partial charge in [-0.3, -0.25) is 4.79 Å². The van der Waals surface area contributed by atoms with Crippen LogP contribution in [0.25, 0.3) is 0 Å². The fourth-order valence-electron chi connectivity index (χ4n) is 3.03. The number of carbonyl (C=O) groups excluding carboxylic acids is 1. The molecule has 0 aromatic heterocycles. The fraction of sp³-hybridized carbons (Fsp3) is 0.350. The van der Waals surface area contributed by atoms with Crippen molar-refractivity contribution in [2.45, 2.75) is 23.6 Å². The third-order valence-electron chi connectivity index (χ3n) is 4.58. The summed E-state index contributed by atoms with van der Waals surface area (Å²) in [5, 5.41) is 0. The first-order chi connectivity index (χ1) is 12.4. The number of nitrogens with two attached hydrogens (primary N) is 2. The molecule has 2 aromatic rings. The average molecular weight is 371 g/mol. The number of piperazine rings is 1. The van der Waals surface area contributed by atoms with Gasteiger partial charge in [0.15, 0.2) is 0 Å². The molecular formula is C20H26N4OS. The van der Waals surface area contributed by atoms with Gasteiger partial charge in [0.25, 0.3) is 0 Å². The molecule has 1 aliphatic heterocycles. The third kappa shape index (κ3) is 4.25. The maximum Gasteiger partial charge on any atom is 0.225 e. The largest absolute Gasteiger partial charge is 0.397 e. The van der Waals surface area contributed by atoms with Crippen LogP contribution in [-0.4, -0.2) is 37.0 Å². The van der Waals surface area contributed by atoms with Crippen LogP contribution in [0.15, 0.2) is 52.3 Å². The molecule has 138 valence electrons. The van der Waals surface area contributed by atoms with E-state index in [2.05, 4.69) is 29.2 Å². The Morgan fingerprint density at radius 1 is 0.923 bits per heavy atom. The highest BCUT2D eigenvalue weighted by atomic mass is 32.2. The van der Waals surface area contributed by atoms with Crippen molar-refractivity contribution in [2.75, 3.05) is 42.5 Å². The number of benzene rings is 2.